The summed E-state index contributed by atoms with van der Waals surface area (Å²) in [6, 6.07) is 4.94. The molecule has 0 saturated carbocycles. The van der Waals surface area contributed by atoms with Crippen molar-refractivity contribution in [2.75, 3.05) is 6.54 Å². The third kappa shape index (κ3) is 5.14. The van der Waals surface area contributed by atoms with E-state index in [2.05, 4.69) is 11.9 Å². The third-order valence-corrected chi connectivity index (χ3v) is 7.90. The van der Waals surface area contributed by atoms with Crippen molar-refractivity contribution in [3.8, 4) is 0 Å². The second-order valence-corrected chi connectivity index (χ2v) is 10.1. The van der Waals surface area contributed by atoms with Crippen molar-refractivity contribution in [3.05, 3.63) is 45.9 Å². The maximum absolute atomic E-state index is 13.2. The quantitative estimate of drug-likeness (QED) is 0.451. The average Bonchev–Trinajstić information content (AvgIpc) is 3.20. The smallest absolute Gasteiger partial charge is 0.324 e. The van der Waals surface area contributed by atoms with Crippen LogP contribution < -0.4 is 0 Å². The van der Waals surface area contributed by atoms with Gasteiger partial charge in [-0.3, -0.25) is 9.59 Å². The van der Waals surface area contributed by atoms with E-state index in [0.29, 0.717) is 24.1 Å². The normalized spacial score (nSPS) is 17.6. The van der Waals surface area contributed by atoms with Crippen LogP contribution in [-0.4, -0.2) is 42.0 Å². The van der Waals surface area contributed by atoms with E-state index in [4.69, 9.17) is 4.74 Å². The van der Waals surface area contributed by atoms with E-state index in [1.807, 2.05) is 5.38 Å². The van der Waals surface area contributed by atoms with Gasteiger partial charge in [0.2, 0.25) is 10.0 Å². The van der Waals surface area contributed by atoms with Gasteiger partial charge in [0.15, 0.2) is 5.78 Å². The Balaban J connectivity index is 1.72. The molecule has 1 fully saturated rings. The van der Waals surface area contributed by atoms with Gasteiger partial charge in [-0.1, -0.05) is 19.1 Å². The molecule has 1 aliphatic rings. The first-order chi connectivity index (χ1) is 14.3. The van der Waals surface area contributed by atoms with Crippen molar-refractivity contribution in [1.29, 1.82) is 0 Å². The van der Waals surface area contributed by atoms with E-state index in [-0.39, 0.29) is 23.8 Å². The molecule has 9 heteroatoms. The Morgan fingerprint density at radius 2 is 1.97 bits per heavy atom. The summed E-state index contributed by atoms with van der Waals surface area (Å²) in [5.74, 6) is -0.689. The number of hydrogen-bond acceptors (Lipinski definition) is 7. The number of benzene rings is 1. The van der Waals surface area contributed by atoms with E-state index in [1.165, 1.54) is 46.8 Å². The summed E-state index contributed by atoms with van der Waals surface area (Å²) >= 11 is 1.53. The average molecular weight is 451 g/mol. The summed E-state index contributed by atoms with van der Waals surface area (Å²) in [5, 5.41) is 2.86. The summed E-state index contributed by atoms with van der Waals surface area (Å²) in [5.41, 5.74) is 1.12. The fraction of sp³-hybridized carbons (Fsp3) is 0.476. The van der Waals surface area contributed by atoms with Crippen molar-refractivity contribution >= 4 is 33.1 Å². The Labute approximate surface area is 181 Å². The predicted molar refractivity (Wildman–Crippen MR) is 114 cm³/mol. The zero-order chi connectivity index (χ0) is 21.7. The molecule has 0 aliphatic carbocycles. The van der Waals surface area contributed by atoms with Gasteiger partial charge in [0.1, 0.15) is 12.6 Å². The molecule has 1 saturated heterocycles. The first-order valence-electron chi connectivity index (χ1n) is 10.1. The number of ketones is 1. The Bertz CT molecular complexity index is 999. The maximum atomic E-state index is 13.2. The van der Waals surface area contributed by atoms with Crippen LogP contribution in [-0.2, 0) is 32.6 Å². The summed E-state index contributed by atoms with van der Waals surface area (Å²) in [6.07, 6.45) is 3.74. The van der Waals surface area contributed by atoms with Gasteiger partial charge in [-0.05, 0) is 51.2 Å². The molecule has 0 spiro atoms. The third-order valence-electron chi connectivity index (χ3n) is 5.02. The van der Waals surface area contributed by atoms with Gasteiger partial charge >= 0.3 is 5.97 Å². The topological polar surface area (TPSA) is 93.6 Å². The molecule has 1 aliphatic heterocycles. The van der Waals surface area contributed by atoms with Crippen LogP contribution in [0.2, 0.25) is 0 Å². The van der Waals surface area contributed by atoms with Crippen molar-refractivity contribution in [1.82, 2.24) is 9.29 Å². The van der Waals surface area contributed by atoms with Crippen LogP contribution in [0, 0.1) is 0 Å². The van der Waals surface area contributed by atoms with Gasteiger partial charge in [-0.25, -0.2) is 13.4 Å². The molecule has 1 atom stereocenters. The van der Waals surface area contributed by atoms with Gasteiger partial charge in [-0.2, -0.15) is 4.31 Å². The van der Waals surface area contributed by atoms with Gasteiger partial charge in [0.05, 0.1) is 15.6 Å². The number of rotatable bonds is 8. The molecule has 2 aromatic rings. The standard InChI is InChI=1S/C21H26N2O5S2/c1-3-6-20-22-17(14-29-20)13-28-21(25)19-7-4-5-12-23(19)30(26,27)18-10-8-16(9-11-18)15(2)24/h8-11,14,19H,3-7,12-13H2,1-2H3. The molecule has 1 aromatic carbocycles. The highest BCUT2D eigenvalue weighted by Gasteiger charge is 2.38. The Morgan fingerprint density at radius 1 is 1.23 bits per heavy atom. The molecule has 1 unspecified atom stereocenters. The Hall–Kier alpha value is -2.10. The molecule has 0 bridgehead atoms. The maximum Gasteiger partial charge on any atom is 0.324 e. The fourth-order valence-corrected chi connectivity index (χ4v) is 5.94. The number of sulfonamides is 1. The lowest BCUT2D eigenvalue weighted by molar-refractivity contribution is -0.150. The van der Waals surface area contributed by atoms with E-state index >= 15 is 0 Å². The number of nitrogens with zero attached hydrogens (tertiary/aromatic N) is 2. The highest BCUT2D eigenvalue weighted by molar-refractivity contribution is 7.89. The molecular formula is C21H26N2O5S2. The second-order valence-electron chi connectivity index (χ2n) is 7.30. The van der Waals surface area contributed by atoms with Crippen LogP contribution in [0.4, 0.5) is 0 Å². The molecular weight excluding hydrogens is 424 g/mol. The van der Waals surface area contributed by atoms with Crippen LogP contribution in [0.1, 0.15) is 60.6 Å². The molecule has 0 radical (unpaired) electrons. The molecule has 30 heavy (non-hydrogen) atoms. The van der Waals surface area contributed by atoms with E-state index < -0.39 is 22.0 Å². The lowest BCUT2D eigenvalue weighted by Crippen LogP contribution is -2.48. The number of Topliss-reactive ketones (excluding diaryl/α,β-unsaturated/α-hetero) is 1. The highest BCUT2D eigenvalue weighted by Crippen LogP contribution is 2.27. The number of ether oxygens (including phenoxy) is 1. The second kappa shape index (κ2) is 9.80. The Morgan fingerprint density at radius 3 is 2.63 bits per heavy atom. The lowest BCUT2D eigenvalue weighted by atomic mass is 10.1. The summed E-state index contributed by atoms with van der Waals surface area (Å²) in [4.78, 5) is 28.7. The van der Waals surface area contributed by atoms with E-state index in [1.54, 1.807) is 0 Å². The van der Waals surface area contributed by atoms with Gasteiger partial charge in [0, 0.05) is 17.5 Å². The fourth-order valence-electron chi connectivity index (χ4n) is 3.41. The number of aryl methyl sites for hydroxylation is 1. The number of thiazole rings is 1. The van der Waals surface area contributed by atoms with Crippen LogP contribution in [0.15, 0.2) is 34.5 Å². The number of aromatic nitrogens is 1. The van der Waals surface area contributed by atoms with Crippen LogP contribution in [0.5, 0.6) is 0 Å². The predicted octanol–water partition coefficient (Wildman–Crippen LogP) is 3.58. The van der Waals surface area contributed by atoms with E-state index in [0.717, 1.165) is 24.3 Å². The van der Waals surface area contributed by atoms with Crippen molar-refractivity contribution < 1.29 is 22.7 Å². The van der Waals surface area contributed by atoms with Crippen molar-refractivity contribution in [2.45, 2.75) is 63.5 Å². The highest BCUT2D eigenvalue weighted by atomic mass is 32.2. The SMILES string of the molecule is CCCc1nc(COC(=O)C2CCCCN2S(=O)(=O)c2ccc(C(C)=O)cc2)cs1. The minimum atomic E-state index is -3.88. The van der Waals surface area contributed by atoms with Gasteiger partial charge in [-0.15, -0.1) is 11.3 Å². The molecule has 0 amide bonds. The first-order valence-corrected chi connectivity index (χ1v) is 12.4. The van der Waals surface area contributed by atoms with Crippen LogP contribution in [0.25, 0.3) is 0 Å². The minimum Gasteiger partial charge on any atom is -0.458 e. The number of hydrogen-bond donors (Lipinski definition) is 0. The van der Waals surface area contributed by atoms with E-state index in [9.17, 15) is 18.0 Å². The van der Waals surface area contributed by atoms with Crippen molar-refractivity contribution in [3.63, 3.8) is 0 Å². The summed E-state index contributed by atoms with van der Waals surface area (Å²) in [7, 11) is -3.88. The molecule has 0 N–H and O–H groups in total. The van der Waals surface area contributed by atoms with Crippen LogP contribution >= 0.6 is 11.3 Å². The number of carbonyl (C=O) groups excluding carboxylic acids is 2. The monoisotopic (exact) mass is 450 g/mol. The number of carbonyl (C=O) groups is 2. The molecule has 2 heterocycles. The molecule has 162 valence electrons. The first kappa shape index (κ1) is 22.6. The molecule has 1 aromatic heterocycles. The number of esters is 1. The Kier molecular flexibility index (Phi) is 7.38. The van der Waals surface area contributed by atoms with Crippen molar-refractivity contribution in [2.24, 2.45) is 0 Å². The van der Waals surface area contributed by atoms with Gasteiger partial charge in [0.25, 0.3) is 0 Å². The summed E-state index contributed by atoms with van der Waals surface area (Å²) in [6.45, 7) is 3.80. The molecule has 7 nitrogen and oxygen atoms in total. The van der Waals surface area contributed by atoms with Crippen LogP contribution in [0.3, 0.4) is 0 Å². The minimum absolute atomic E-state index is 0.0384. The summed E-state index contributed by atoms with van der Waals surface area (Å²) < 4.78 is 33.0. The largest absolute Gasteiger partial charge is 0.458 e. The van der Waals surface area contributed by atoms with Gasteiger partial charge < -0.3 is 4.74 Å². The zero-order valence-electron chi connectivity index (χ0n) is 17.2. The number of piperidine rings is 1. The lowest BCUT2D eigenvalue weighted by Gasteiger charge is -2.33. The molecule has 3 rings (SSSR count). The zero-order valence-corrected chi connectivity index (χ0v) is 18.8.